The molecule has 1 atom stereocenters. The van der Waals surface area contributed by atoms with E-state index in [2.05, 4.69) is 5.10 Å². The molecule has 14 heavy (non-hydrogen) atoms. The molecule has 0 aliphatic carbocycles. The van der Waals surface area contributed by atoms with Gasteiger partial charge in [-0.25, -0.2) is 0 Å². The summed E-state index contributed by atoms with van der Waals surface area (Å²) in [6.45, 7) is 2.50. The Morgan fingerprint density at radius 3 is 2.64 bits per heavy atom. The summed E-state index contributed by atoms with van der Waals surface area (Å²) in [7, 11) is 0. The van der Waals surface area contributed by atoms with Gasteiger partial charge in [-0.3, -0.25) is 4.68 Å². The van der Waals surface area contributed by atoms with Gasteiger partial charge in [0.15, 0.2) is 0 Å². The summed E-state index contributed by atoms with van der Waals surface area (Å²) < 4.78 is 37.8. The van der Waals surface area contributed by atoms with Gasteiger partial charge in [-0.05, 0) is 18.9 Å². The molecule has 6 heteroatoms. The van der Waals surface area contributed by atoms with Crippen molar-refractivity contribution in [2.75, 3.05) is 0 Å². The zero-order chi connectivity index (χ0) is 10.8. The second kappa shape index (κ2) is 4.00. The lowest BCUT2D eigenvalue weighted by molar-refractivity contribution is -0.147. The van der Waals surface area contributed by atoms with Crippen LogP contribution in [-0.2, 0) is 13.0 Å². The maximum absolute atomic E-state index is 12.1. The zero-order valence-corrected chi connectivity index (χ0v) is 7.75. The standard InChI is InChI=1S/C8H12F3N3/c1-2-14-5-6(4-13-14)3-7(12)8(9,10)11/h4-5,7H,2-3,12H2,1H3. The smallest absolute Gasteiger partial charge is 0.320 e. The van der Waals surface area contributed by atoms with Crippen LogP contribution in [0.15, 0.2) is 12.4 Å². The van der Waals surface area contributed by atoms with Crippen LogP contribution in [-0.4, -0.2) is 22.0 Å². The fraction of sp³-hybridized carbons (Fsp3) is 0.625. The Morgan fingerprint density at radius 1 is 1.57 bits per heavy atom. The Balaban J connectivity index is 2.60. The SMILES string of the molecule is CCn1cc(CC(N)C(F)(F)F)cn1. The fourth-order valence-electron chi connectivity index (χ4n) is 1.05. The molecule has 1 unspecified atom stereocenters. The molecule has 0 spiro atoms. The third-order valence-electron chi connectivity index (χ3n) is 1.89. The van der Waals surface area contributed by atoms with Gasteiger partial charge >= 0.3 is 6.18 Å². The number of rotatable bonds is 3. The molecular formula is C8H12F3N3. The van der Waals surface area contributed by atoms with Crippen molar-refractivity contribution < 1.29 is 13.2 Å². The lowest BCUT2D eigenvalue weighted by Gasteiger charge is -2.13. The fourth-order valence-corrected chi connectivity index (χ4v) is 1.05. The minimum Gasteiger partial charge on any atom is -0.320 e. The van der Waals surface area contributed by atoms with Crippen molar-refractivity contribution in [3.63, 3.8) is 0 Å². The highest BCUT2D eigenvalue weighted by Gasteiger charge is 2.36. The Labute approximate surface area is 79.7 Å². The van der Waals surface area contributed by atoms with Crippen LogP contribution in [0.3, 0.4) is 0 Å². The molecular weight excluding hydrogens is 195 g/mol. The molecule has 0 radical (unpaired) electrons. The number of nitrogens with zero attached hydrogens (tertiary/aromatic N) is 2. The molecule has 0 amide bonds. The number of aryl methyl sites for hydroxylation is 1. The first-order valence-electron chi connectivity index (χ1n) is 4.27. The number of hydrogen-bond donors (Lipinski definition) is 1. The predicted octanol–water partition coefficient (Wildman–Crippen LogP) is 1.34. The highest BCUT2D eigenvalue weighted by molar-refractivity contribution is 5.06. The molecule has 80 valence electrons. The summed E-state index contributed by atoms with van der Waals surface area (Å²) in [5.41, 5.74) is 5.48. The first kappa shape index (κ1) is 11.0. The summed E-state index contributed by atoms with van der Waals surface area (Å²) in [4.78, 5) is 0. The van der Waals surface area contributed by atoms with Crippen LogP contribution < -0.4 is 5.73 Å². The maximum Gasteiger partial charge on any atom is 0.403 e. The highest BCUT2D eigenvalue weighted by Crippen LogP contribution is 2.21. The number of alkyl halides is 3. The maximum atomic E-state index is 12.1. The quantitative estimate of drug-likeness (QED) is 0.812. The van der Waals surface area contributed by atoms with E-state index >= 15 is 0 Å². The molecule has 3 nitrogen and oxygen atoms in total. The van der Waals surface area contributed by atoms with E-state index in [0.717, 1.165) is 0 Å². The summed E-state index contributed by atoms with van der Waals surface area (Å²) in [6.07, 6.45) is -1.57. The average Bonchev–Trinajstić information content (AvgIpc) is 2.50. The van der Waals surface area contributed by atoms with Crippen LogP contribution in [0, 0.1) is 0 Å². The normalized spacial score (nSPS) is 14.4. The lowest BCUT2D eigenvalue weighted by Crippen LogP contribution is -2.38. The number of nitrogens with two attached hydrogens (primary N) is 1. The number of halogens is 3. The topological polar surface area (TPSA) is 43.8 Å². The first-order valence-corrected chi connectivity index (χ1v) is 4.27. The molecule has 1 aromatic heterocycles. The number of aromatic nitrogens is 2. The third kappa shape index (κ3) is 2.73. The van der Waals surface area contributed by atoms with Crippen molar-refractivity contribution in [3.05, 3.63) is 18.0 Å². The van der Waals surface area contributed by atoms with Crippen LogP contribution in [0.4, 0.5) is 13.2 Å². The summed E-state index contributed by atoms with van der Waals surface area (Å²) >= 11 is 0. The first-order chi connectivity index (χ1) is 6.43. The Bertz CT molecular complexity index is 292. The van der Waals surface area contributed by atoms with Gasteiger partial charge in [0.25, 0.3) is 0 Å². The van der Waals surface area contributed by atoms with Crippen LogP contribution in [0.5, 0.6) is 0 Å². The van der Waals surface area contributed by atoms with E-state index in [9.17, 15) is 13.2 Å². The van der Waals surface area contributed by atoms with Gasteiger partial charge in [-0.1, -0.05) is 0 Å². The van der Waals surface area contributed by atoms with Gasteiger partial charge < -0.3 is 5.73 Å². The second-order valence-corrected chi connectivity index (χ2v) is 3.06. The van der Waals surface area contributed by atoms with E-state index < -0.39 is 12.2 Å². The van der Waals surface area contributed by atoms with E-state index in [-0.39, 0.29) is 6.42 Å². The van der Waals surface area contributed by atoms with E-state index in [1.54, 1.807) is 10.9 Å². The van der Waals surface area contributed by atoms with Crippen LogP contribution >= 0.6 is 0 Å². The van der Waals surface area contributed by atoms with Crippen LogP contribution in [0.2, 0.25) is 0 Å². The molecule has 0 aliphatic heterocycles. The largest absolute Gasteiger partial charge is 0.403 e. The number of hydrogen-bond acceptors (Lipinski definition) is 2. The minimum atomic E-state index is -4.34. The summed E-state index contributed by atoms with van der Waals surface area (Å²) in [5.74, 6) is 0. The van der Waals surface area contributed by atoms with Crippen molar-refractivity contribution >= 4 is 0 Å². The zero-order valence-electron chi connectivity index (χ0n) is 7.75. The molecule has 0 fully saturated rings. The molecule has 0 saturated carbocycles. The van der Waals surface area contributed by atoms with Gasteiger partial charge in [0.1, 0.15) is 6.04 Å². The molecule has 1 rings (SSSR count). The van der Waals surface area contributed by atoms with Gasteiger partial charge in [0.2, 0.25) is 0 Å². The van der Waals surface area contributed by atoms with E-state index in [1.807, 2.05) is 6.92 Å². The molecule has 0 aliphatic rings. The monoisotopic (exact) mass is 207 g/mol. The highest BCUT2D eigenvalue weighted by atomic mass is 19.4. The van der Waals surface area contributed by atoms with Crippen LogP contribution in [0.1, 0.15) is 12.5 Å². The van der Waals surface area contributed by atoms with Crippen molar-refractivity contribution in [1.29, 1.82) is 0 Å². The van der Waals surface area contributed by atoms with E-state index in [1.165, 1.54) is 6.20 Å². The van der Waals surface area contributed by atoms with Crippen molar-refractivity contribution in [2.45, 2.75) is 32.1 Å². The Hall–Kier alpha value is -1.04. The second-order valence-electron chi connectivity index (χ2n) is 3.06. The molecule has 0 aromatic carbocycles. The van der Waals surface area contributed by atoms with E-state index in [4.69, 9.17) is 5.73 Å². The summed E-state index contributed by atoms with van der Waals surface area (Å²) in [5, 5.41) is 3.86. The van der Waals surface area contributed by atoms with Gasteiger partial charge in [0, 0.05) is 12.7 Å². The van der Waals surface area contributed by atoms with Crippen molar-refractivity contribution in [1.82, 2.24) is 9.78 Å². The van der Waals surface area contributed by atoms with Gasteiger partial charge in [-0.15, -0.1) is 0 Å². The van der Waals surface area contributed by atoms with Gasteiger partial charge in [0.05, 0.1) is 6.20 Å². The molecule has 2 N–H and O–H groups in total. The van der Waals surface area contributed by atoms with Crippen molar-refractivity contribution in [2.24, 2.45) is 5.73 Å². The average molecular weight is 207 g/mol. The lowest BCUT2D eigenvalue weighted by atomic mass is 10.1. The third-order valence-corrected chi connectivity index (χ3v) is 1.89. The molecule has 1 aromatic rings. The molecule has 0 bridgehead atoms. The molecule has 1 heterocycles. The van der Waals surface area contributed by atoms with Gasteiger partial charge in [-0.2, -0.15) is 18.3 Å². The van der Waals surface area contributed by atoms with Crippen LogP contribution in [0.25, 0.3) is 0 Å². The Kier molecular flexibility index (Phi) is 3.15. The molecule has 0 saturated heterocycles. The minimum absolute atomic E-state index is 0.219. The van der Waals surface area contributed by atoms with Crippen molar-refractivity contribution in [3.8, 4) is 0 Å². The predicted molar refractivity (Wildman–Crippen MR) is 45.6 cm³/mol. The summed E-state index contributed by atoms with van der Waals surface area (Å²) in [6, 6.07) is -1.81. The Morgan fingerprint density at radius 2 is 2.21 bits per heavy atom. The van der Waals surface area contributed by atoms with E-state index in [0.29, 0.717) is 12.1 Å².